The molecule has 0 atom stereocenters. The Morgan fingerprint density at radius 1 is 1.21 bits per heavy atom. The van der Waals surface area contributed by atoms with Crippen molar-refractivity contribution < 1.29 is 13.2 Å². The maximum Gasteiger partial charge on any atom is 0.274 e. The van der Waals surface area contributed by atoms with Crippen LogP contribution in [0.2, 0.25) is 0 Å². The van der Waals surface area contributed by atoms with Crippen LogP contribution in [0.5, 0.6) is 0 Å². The Morgan fingerprint density at radius 3 is 2.48 bits per heavy atom. The molecule has 0 aliphatic carbocycles. The summed E-state index contributed by atoms with van der Waals surface area (Å²) in [5.74, 6) is 0.656. The quantitative estimate of drug-likeness (QED) is 0.725. The van der Waals surface area contributed by atoms with Gasteiger partial charge in [-0.1, -0.05) is 13.8 Å². The third kappa shape index (κ3) is 3.24. The van der Waals surface area contributed by atoms with Gasteiger partial charge in [-0.2, -0.15) is 9.40 Å². The molecule has 0 unspecified atom stereocenters. The van der Waals surface area contributed by atoms with Crippen molar-refractivity contribution in [1.82, 2.24) is 29.0 Å². The minimum Gasteiger partial charge on any atom is -0.337 e. The van der Waals surface area contributed by atoms with Crippen molar-refractivity contribution in [3.05, 3.63) is 35.7 Å². The van der Waals surface area contributed by atoms with Gasteiger partial charge in [-0.25, -0.2) is 18.4 Å². The molecule has 1 amide bonds. The third-order valence-electron chi connectivity index (χ3n) is 5.95. The van der Waals surface area contributed by atoms with E-state index in [2.05, 4.69) is 10.1 Å². The molecule has 1 fully saturated rings. The van der Waals surface area contributed by atoms with E-state index < -0.39 is 15.4 Å². The van der Waals surface area contributed by atoms with Crippen LogP contribution < -0.4 is 0 Å². The van der Waals surface area contributed by atoms with Gasteiger partial charge in [-0.3, -0.25) is 9.48 Å². The molecule has 29 heavy (non-hydrogen) atoms. The number of aromatic nitrogens is 4. The van der Waals surface area contributed by atoms with Crippen molar-refractivity contribution in [1.29, 1.82) is 0 Å². The third-order valence-corrected chi connectivity index (χ3v) is 7.75. The Kier molecular flexibility index (Phi) is 4.73. The van der Waals surface area contributed by atoms with E-state index in [1.807, 2.05) is 13.8 Å². The molecule has 10 heteroatoms. The van der Waals surface area contributed by atoms with Crippen LogP contribution in [-0.4, -0.2) is 70.0 Å². The average Bonchev–Trinajstić information content (AvgIpc) is 3.13. The van der Waals surface area contributed by atoms with Gasteiger partial charge in [-0.15, -0.1) is 0 Å². The van der Waals surface area contributed by atoms with Crippen LogP contribution in [0.15, 0.2) is 23.4 Å². The lowest BCUT2D eigenvalue weighted by Gasteiger charge is -2.46. The number of likely N-dealkylation sites (tertiary alicyclic amines) is 1. The molecule has 1 spiro atoms. The lowest BCUT2D eigenvalue weighted by molar-refractivity contribution is 0.0635. The molecule has 2 aromatic heterocycles. The van der Waals surface area contributed by atoms with Gasteiger partial charge in [-0.05, 0) is 18.9 Å². The molecule has 4 heterocycles. The molecule has 4 rings (SSSR count). The Balaban J connectivity index is 1.67. The molecule has 0 aromatic carbocycles. The van der Waals surface area contributed by atoms with Crippen molar-refractivity contribution >= 4 is 15.9 Å². The van der Waals surface area contributed by atoms with E-state index >= 15 is 0 Å². The van der Waals surface area contributed by atoms with Crippen molar-refractivity contribution in [2.45, 2.75) is 42.9 Å². The van der Waals surface area contributed by atoms with Gasteiger partial charge < -0.3 is 4.90 Å². The first-order valence-corrected chi connectivity index (χ1v) is 11.2. The van der Waals surface area contributed by atoms with E-state index in [1.54, 1.807) is 35.9 Å². The van der Waals surface area contributed by atoms with E-state index in [-0.39, 0.29) is 16.7 Å². The van der Waals surface area contributed by atoms with E-state index in [1.165, 1.54) is 10.5 Å². The fourth-order valence-corrected chi connectivity index (χ4v) is 5.65. The molecule has 2 aliphatic heterocycles. The summed E-state index contributed by atoms with van der Waals surface area (Å²) in [6.45, 7) is 5.41. The Morgan fingerprint density at radius 2 is 1.90 bits per heavy atom. The number of fused-ring (bicyclic) bond motifs is 2. The van der Waals surface area contributed by atoms with Gasteiger partial charge in [0, 0.05) is 51.3 Å². The van der Waals surface area contributed by atoms with Gasteiger partial charge in [0.1, 0.15) is 16.4 Å². The molecule has 2 aromatic rings. The van der Waals surface area contributed by atoms with Gasteiger partial charge in [0.2, 0.25) is 10.0 Å². The van der Waals surface area contributed by atoms with Gasteiger partial charge in [0.25, 0.3) is 5.91 Å². The van der Waals surface area contributed by atoms with Crippen molar-refractivity contribution in [2.75, 3.05) is 26.7 Å². The van der Waals surface area contributed by atoms with Gasteiger partial charge >= 0.3 is 0 Å². The standard InChI is InChI=1S/C19H26N6O3S/c1-13(2)17-20-11-15-16(21-17)19(12-24(4)29(15,27)28)6-9-25(10-7-19)18(26)14-5-8-23(3)22-14/h5,8,11,13H,6-7,9-10,12H2,1-4H3. The zero-order chi connectivity index (χ0) is 21.0. The Bertz CT molecular complexity index is 1050. The average molecular weight is 419 g/mol. The SMILES string of the molecule is CC(C)c1ncc2c(n1)C1(CCN(C(=O)c3ccn(C)n3)CC1)CN(C)S2(=O)=O. The zero-order valence-electron chi connectivity index (χ0n) is 17.2. The van der Waals surface area contributed by atoms with E-state index in [9.17, 15) is 13.2 Å². The molecule has 0 radical (unpaired) electrons. The van der Waals surface area contributed by atoms with Gasteiger partial charge in [0.15, 0.2) is 0 Å². The van der Waals surface area contributed by atoms with Crippen LogP contribution in [0.3, 0.4) is 0 Å². The predicted molar refractivity (Wildman–Crippen MR) is 106 cm³/mol. The summed E-state index contributed by atoms with van der Waals surface area (Å²) in [6.07, 6.45) is 4.50. The Labute approximate surface area is 170 Å². The lowest BCUT2D eigenvalue weighted by atomic mass is 9.75. The first kappa shape index (κ1) is 20.0. The normalized spacial score (nSPS) is 20.8. The number of sulfonamides is 1. The summed E-state index contributed by atoms with van der Waals surface area (Å²) >= 11 is 0. The molecule has 156 valence electrons. The highest BCUT2D eigenvalue weighted by atomic mass is 32.2. The predicted octanol–water partition coefficient (Wildman–Crippen LogP) is 1.14. The first-order chi connectivity index (χ1) is 13.6. The maximum absolute atomic E-state index is 12.8. The number of carbonyl (C=O) groups is 1. The number of amides is 1. The van der Waals surface area contributed by atoms with E-state index in [4.69, 9.17) is 4.98 Å². The molecule has 1 saturated heterocycles. The number of rotatable bonds is 2. The van der Waals surface area contributed by atoms with E-state index in [0.29, 0.717) is 49.7 Å². The smallest absolute Gasteiger partial charge is 0.274 e. The summed E-state index contributed by atoms with van der Waals surface area (Å²) in [5.41, 5.74) is 0.624. The first-order valence-electron chi connectivity index (χ1n) is 9.77. The molecular weight excluding hydrogens is 392 g/mol. The molecule has 2 aliphatic rings. The number of likely N-dealkylation sites (N-methyl/N-ethyl adjacent to an activating group) is 1. The van der Waals surface area contributed by atoms with Crippen LogP contribution >= 0.6 is 0 Å². The minimum absolute atomic E-state index is 0.0944. The number of piperidine rings is 1. The largest absolute Gasteiger partial charge is 0.337 e. The number of carbonyl (C=O) groups excluding carboxylic acids is 1. The molecule has 9 nitrogen and oxygen atoms in total. The number of nitrogens with zero attached hydrogens (tertiary/aromatic N) is 6. The molecule has 0 N–H and O–H groups in total. The Hall–Kier alpha value is -2.33. The minimum atomic E-state index is -3.59. The van der Waals surface area contributed by atoms with Crippen molar-refractivity contribution in [3.8, 4) is 0 Å². The highest BCUT2D eigenvalue weighted by Gasteiger charge is 2.49. The lowest BCUT2D eigenvalue weighted by Crippen LogP contribution is -2.54. The molecule has 0 saturated carbocycles. The summed E-state index contributed by atoms with van der Waals surface area (Å²) in [5, 5.41) is 4.21. The van der Waals surface area contributed by atoms with Crippen LogP contribution in [0.1, 0.15) is 54.6 Å². The van der Waals surface area contributed by atoms with Crippen molar-refractivity contribution in [2.24, 2.45) is 7.05 Å². The maximum atomic E-state index is 12.8. The second kappa shape index (κ2) is 6.88. The van der Waals surface area contributed by atoms with E-state index in [0.717, 1.165) is 0 Å². The summed E-state index contributed by atoms with van der Waals surface area (Å²) in [4.78, 5) is 23.8. The van der Waals surface area contributed by atoms with Crippen molar-refractivity contribution in [3.63, 3.8) is 0 Å². The number of aryl methyl sites for hydroxylation is 1. The second-order valence-electron chi connectivity index (χ2n) is 8.30. The second-order valence-corrected chi connectivity index (χ2v) is 10.3. The molecule has 0 bridgehead atoms. The highest BCUT2D eigenvalue weighted by molar-refractivity contribution is 7.89. The number of hydrogen-bond donors (Lipinski definition) is 0. The fourth-order valence-electron chi connectivity index (χ4n) is 4.21. The van der Waals surface area contributed by atoms with Crippen LogP contribution in [0, 0.1) is 0 Å². The summed E-state index contributed by atoms with van der Waals surface area (Å²) < 4.78 is 28.7. The zero-order valence-corrected chi connectivity index (χ0v) is 18.0. The highest BCUT2D eigenvalue weighted by Crippen LogP contribution is 2.43. The van der Waals surface area contributed by atoms with Crippen LogP contribution in [-0.2, 0) is 22.5 Å². The topological polar surface area (TPSA) is 101 Å². The monoisotopic (exact) mass is 418 g/mol. The fraction of sp³-hybridized carbons (Fsp3) is 0.579. The summed E-state index contributed by atoms with van der Waals surface area (Å²) in [6, 6.07) is 1.71. The van der Waals surface area contributed by atoms with Crippen LogP contribution in [0.4, 0.5) is 0 Å². The molecular formula is C19H26N6O3S. The van der Waals surface area contributed by atoms with Crippen LogP contribution in [0.25, 0.3) is 0 Å². The number of hydrogen-bond acceptors (Lipinski definition) is 6. The summed E-state index contributed by atoms with van der Waals surface area (Å²) in [7, 11) is -0.214. The van der Waals surface area contributed by atoms with Gasteiger partial charge in [0.05, 0.1) is 11.9 Å².